The van der Waals surface area contributed by atoms with E-state index in [9.17, 15) is 14.4 Å². The Kier molecular flexibility index (Phi) is 4.31. The zero-order chi connectivity index (χ0) is 19.1. The van der Waals surface area contributed by atoms with E-state index in [0.29, 0.717) is 27.5 Å². The standard InChI is InChI=1S/C20H18N2O4S/c1-10-6-7-12-16(8-10)27-20(17(12)18(21)24)22-19(25)15-9-13(23)11-4-2-3-5-14(11)26-15/h2-5,9-10H,6-8H2,1H3,(H2,21,24)(H,22,25)/t10-/m1/s1. The van der Waals surface area contributed by atoms with Gasteiger partial charge in [-0.15, -0.1) is 11.3 Å². The van der Waals surface area contributed by atoms with Gasteiger partial charge in [-0.1, -0.05) is 19.1 Å². The second-order valence-corrected chi connectivity index (χ2v) is 7.95. The Morgan fingerprint density at radius 1 is 1.30 bits per heavy atom. The van der Waals surface area contributed by atoms with Crippen LogP contribution >= 0.6 is 11.3 Å². The summed E-state index contributed by atoms with van der Waals surface area (Å²) in [5.74, 6) is -0.711. The molecule has 2 amide bonds. The molecule has 7 heteroatoms. The van der Waals surface area contributed by atoms with Gasteiger partial charge in [0.15, 0.2) is 11.2 Å². The Bertz CT molecular complexity index is 1130. The van der Waals surface area contributed by atoms with Gasteiger partial charge in [0.1, 0.15) is 10.6 Å². The largest absolute Gasteiger partial charge is 0.451 e. The van der Waals surface area contributed by atoms with Crippen molar-refractivity contribution in [1.82, 2.24) is 0 Å². The first-order chi connectivity index (χ1) is 12.9. The van der Waals surface area contributed by atoms with Gasteiger partial charge in [0.25, 0.3) is 11.8 Å². The second kappa shape index (κ2) is 6.66. The lowest BCUT2D eigenvalue weighted by Gasteiger charge is -2.18. The van der Waals surface area contributed by atoms with E-state index >= 15 is 0 Å². The first-order valence-corrected chi connectivity index (χ1v) is 9.54. The van der Waals surface area contributed by atoms with Crippen LogP contribution in [0, 0.1) is 5.92 Å². The van der Waals surface area contributed by atoms with Crippen LogP contribution in [0.2, 0.25) is 0 Å². The zero-order valence-corrected chi connectivity index (χ0v) is 15.5. The first-order valence-electron chi connectivity index (χ1n) is 8.72. The fourth-order valence-electron chi connectivity index (χ4n) is 3.48. The van der Waals surface area contributed by atoms with E-state index in [4.69, 9.17) is 10.2 Å². The summed E-state index contributed by atoms with van der Waals surface area (Å²) in [5, 5.41) is 3.55. The van der Waals surface area contributed by atoms with Crippen LogP contribution in [0.3, 0.4) is 0 Å². The number of anilines is 1. The van der Waals surface area contributed by atoms with E-state index in [-0.39, 0.29) is 11.2 Å². The van der Waals surface area contributed by atoms with Crippen LogP contribution in [-0.2, 0) is 12.8 Å². The predicted octanol–water partition coefficient (Wildman–Crippen LogP) is 3.33. The lowest BCUT2D eigenvalue weighted by molar-refractivity contribution is 0.0997. The fourth-order valence-corrected chi connectivity index (χ4v) is 4.89. The number of carbonyl (C=O) groups excluding carboxylic acids is 2. The number of hydrogen-bond acceptors (Lipinski definition) is 5. The molecule has 1 aromatic carbocycles. The van der Waals surface area contributed by atoms with Gasteiger partial charge < -0.3 is 15.5 Å². The number of fused-ring (bicyclic) bond motifs is 2. The minimum Gasteiger partial charge on any atom is -0.451 e. The average molecular weight is 382 g/mol. The van der Waals surface area contributed by atoms with Crippen molar-refractivity contribution in [2.45, 2.75) is 26.2 Å². The van der Waals surface area contributed by atoms with Crippen LogP contribution in [0.25, 0.3) is 11.0 Å². The van der Waals surface area contributed by atoms with Crippen LogP contribution in [0.15, 0.2) is 39.5 Å². The Hall–Kier alpha value is -2.93. The molecule has 3 aromatic rings. The molecule has 0 saturated carbocycles. The van der Waals surface area contributed by atoms with Crippen LogP contribution in [0.5, 0.6) is 0 Å². The summed E-state index contributed by atoms with van der Waals surface area (Å²) >= 11 is 1.37. The van der Waals surface area contributed by atoms with Gasteiger partial charge in [0.2, 0.25) is 0 Å². The first kappa shape index (κ1) is 17.5. The average Bonchev–Trinajstić information content (AvgIpc) is 2.98. The Balaban J connectivity index is 1.71. The second-order valence-electron chi connectivity index (χ2n) is 6.85. The third-order valence-electron chi connectivity index (χ3n) is 4.84. The minimum absolute atomic E-state index is 0.103. The summed E-state index contributed by atoms with van der Waals surface area (Å²) in [5.41, 5.74) is 6.92. The third kappa shape index (κ3) is 3.14. The summed E-state index contributed by atoms with van der Waals surface area (Å²) in [6, 6.07) is 7.90. The SMILES string of the molecule is C[C@@H]1CCc2c(sc(NC(=O)c3cc(=O)c4ccccc4o3)c2C(N)=O)C1. The van der Waals surface area contributed by atoms with E-state index in [1.807, 2.05) is 0 Å². The van der Waals surface area contributed by atoms with E-state index < -0.39 is 11.8 Å². The molecule has 0 spiro atoms. The molecule has 0 unspecified atom stereocenters. The molecule has 2 aromatic heterocycles. The topological polar surface area (TPSA) is 102 Å². The van der Waals surface area contributed by atoms with E-state index in [1.54, 1.807) is 24.3 Å². The zero-order valence-electron chi connectivity index (χ0n) is 14.7. The Labute approximate surface area is 159 Å². The number of carbonyl (C=O) groups is 2. The molecule has 1 aliphatic carbocycles. The van der Waals surface area contributed by atoms with Crippen molar-refractivity contribution in [3.8, 4) is 0 Å². The number of amides is 2. The highest BCUT2D eigenvalue weighted by Gasteiger charge is 2.27. The number of nitrogens with two attached hydrogens (primary N) is 1. The number of thiophene rings is 1. The summed E-state index contributed by atoms with van der Waals surface area (Å²) in [4.78, 5) is 38.0. The third-order valence-corrected chi connectivity index (χ3v) is 6.01. The lowest BCUT2D eigenvalue weighted by atomic mass is 9.88. The van der Waals surface area contributed by atoms with Crippen molar-refractivity contribution in [1.29, 1.82) is 0 Å². The molecule has 0 bridgehead atoms. The molecule has 0 radical (unpaired) electrons. The number of para-hydroxylation sites is 1. The molecule has 3 N–H and O–H groups in total. The number of nitrogens with one attached hydrogen (secondary N) is 1. The maximum atomic E-state index is 12.7. The molecule has 2 heterocycles. The van der Waals surface area contributed by atoms with E-state index in [2.05, 4.69) is 12.2 Å². The Morgan fingerprint density at radius 2 is 2.07 bits per heavy atom. The smallest absolute Gasteiger partial charge is 0.292 e. The molecule has 0 saturated heterocycles. The summed E-state index contributed by atoms with van der Waals surface area (Å²) in [6.45, 7) is 2.16. The van der Waals surface area contributed by atoms with Gasteiger partial charge in [-0.2, -0.15) is 0 Å². The minimum atomic E-state index is -0.577. The van der Waals surface area contributed by atoms with Crippen LogP contribution in [0.1, 0.15) is 44.7 Å². The maximum absolute atomic E-state index is 12.7. The predicted molar refractivity (Wildman–Crippen MR) is 104 cm³/mol. The van der Waals surface area contributed by atoms with Crippen molar-refractivity contribution in [3.05, 3.63) is 62.3 Å². The normalized spacial score (nSPS) is 16.1. The summed E-state index contributed by atoms with van der Waals surface area (Å²) in [6.07, 6.45) is 2.62. The van der Waals surface area contributed by atoms with E-state index in [1.165, 1.54) is 11.3 Å². The van der Waals surface area contributed by atoms with Crippen LogP contribution < -0.4 is 16.5 Å². The number of benzene rings is 1. The highest BCUT2D eigenvalue weighted by Crippen LogP contribution is 2.39. The van der Waals surface area contributed by atoms with Gasteiger partial charge in [-0.25, -0.2) is 0 Å². The number of hydrogen-bond donors (Lipinski definition) is 2. The number of rotatable bonds is 3. The lowest BCUT2D eigenvalue weighted by Crippen LogP contribution is -2.20. The maximum Gasteiger partial charge on any atom is 0.292 e. The highest BCUT2D eigenvalue weighted by molar-refractivity contribution is 7.17. The van der Waals surface area contributed by atoms with Gasteiger partial charge in [-0.05, 0) is 42.9 Å². The van der Waals surface area contributed by atoms with Gasteiger partial charge in [0, 0.05) is 10.9 Å². The monoisotopic (exact) mass is 382 g/mol. The molecule has 138 valence electrons. The molecular weight excluding hydrogens is 364 g/mol. The van der Waals surface area contributed by atoms with Crippen LogP contribution in [0.4, 0.5) is 5.00 Å². The molecule has 1 aliphatic rings. The molecular formula is C20H18N2O4S. The van der Waals surface area contributed by atoms with Crippen molar-refractivity contribution >= 4 is 39.1 Å². The molecule has 1 atom stereocenters. The van der Waals surface area contributed by atoms with Gasteiger partial charge in [-0.3, -0.25) is 14.4 Å². The van der Waals surface area contributed by atoms with Gasteiger partial charge in [0.05, 0.1) is 10.9 Å². The fraction of sp³-hybridized carbons (Fsp3) is 0.250. The molecule has 4 rings (SSSR count). The molecule has 27 heavy (non-hydrogen) atoms. The van der Waals surface area contributed by atoms with Gasteiger partial charge >= 0.3 is 0 Å². The highest BCUT2D eigenvalue weighted by atomic mass is 32.1. The summed E-state index contributed by atoms with van der Waals surface area (Å²) in [7, 11) is 0. The van der Waals surface area contributed by atoms with Crippen molar-refractivity contribution < 1.29 is 14.0 Å². The van der Waals surface area contributed by atoms with Crippen LogP contribution in [-0.4, -0.2) is 11.8 Å². The van der Waals surface area contributed by atoms with E-state index in [0.717, 1.165) is 35.8 Å². The van der Waals surface area contributed by atoms with Crippen molar-refractivity contribution in [2.24, 2.45) is 11.7 Å². The molecule has 6 nitrogen and oxygen atoms in total. The van der Waals surface area contributed by atoms with Crippen molar-refractivity contribution in [3.63, 3.8) is 0 Å². The Morgan fingerprint density at radius 3 is 2.85 bits per heavy atom. The number of primary amides is 1. The quantitative estimate of drug-likeness (QED) is 0.725. The van der Waals surface area contributed by atoms with Crippen molar-refractivity contribution in [2.75, 3.05) is 5.32 Å². The molecule has 0 aliphatic heterocycles. The molecule has 0 fully saturated rings. The summed E-state index contributed by atoms with van der Waals surface area (Å²) < 4.78 is 5.57.